The van der Waals surface area contributed by atoms with Crippen LogP contribution < -0.4 is 5.73 Å². The summed E-state index contributed by atoms with van der Waals surface area (Å²) >= 11 is 0. The van der Waals surface area contributed by atoms with Crippen molar-refractivity contribution in [1.82, 2.24) is 9.91 Å². The number of nitrogens with zero attached hydrogens (tertiary/aromatic N) is 4. The Morgan fingerprint density at radius 1 is 1.37 bits per heavy atom. The van der Waals surface area contributed by atoms with Gasteiger partial charge in [0.2, 0.25) is 0 Å². The van der Waals surface area contributed by atoms with E-state index in [4.69, 9.17) is 10.7 Å². The Hall–Kier alpha value is -1.78. The second-order valence-corrected chi connectivity index (χ2v) is 5.32. The van der Waals surface area contributed by atoms with Gasteiger partial charge in [-0.15, -0.1) is 6.58 Å². The Morgan fingerprint density at radius 2 is 2.16 bits per heavy atom. The van der Waals surface area contributed by atoms with E-state index < -0.39 is 0 Å². The Labute approximate surface area is 114 Å². The number of hydrogen-bond donors (Lipinski definition) is 1. The van der Waals surface area contributed by atoms with E-state index in [1.165, 1.54) is 19.3 Å². The predicted molar refractivity (Wildman–Crippen MR) is 77.6 cm³/mol. The van der Waals surface area contributed by atoms with Crippen molar-refractivity contribution < 1.29 is 0 Å². The molecule has 0 aromatic carbocycles. The minimum absolute atomic E-state index is 0.0138. The number of piperidine rings is 1. The summed E-state index contributed by atoms with van der Waals surface area (Å²) in [5, 5.41) is 6.18. The monoisotopic (exact) mass is 259 g/mol. The molecule has 0 amide bonds. The highest BCUT2D eigenvalue weighted by molar-refractivity contribution is 5.94. The molecule has 0 aromatic heterocycles. The van der Waals surface area contributed by atoms with E-state index in [-0.39, 0.29) is 12.1 Å². The molecule has 0 saturated carbocycles. The lowest BCUT2D eigenvalue weighted by Gasteiger charge is -2.34. The minimum Gasteiger partial charge on any atom is -0.384 e. The quantitative estimate of drug-likeness (QED) is 0.765. The molecule has 0 aliphatic carbocycles. The van der Waals surface area contributed by atoms with Gasteiger partial charge in [-0.2, -0.15) is 5.10 Å². The molecule has 2 unspecified atom stereocenters. The molecule has 0 bridgehead atoms. The summed E-state index contributed by atoms with van der Waals surface area (Å²) in [7, 11) is 0. The van der Waals surface area contributed by atoms with Crippen molar-refractivity contribution in [3.63, 3.8) is 0 Å². The molecule has 0 aromatic rings. The standard InChI is InChI=1S/C14H21N5/c1-2-6-11-10-16-19-12(15)9-13(17-14(11)19)18-7-4-3-5-8-18/h2,9-11,14H,1,3-8,15H2. The maximum Gasteiger partial charge on any atom is 0.154 e. The summed E-state index contributed by atoms with van der Waals surface area (Å²) in [5.41, 5.74) is 6.12. The lowest BCUT2D eigenvalue weighted by atomic mass is 10.0. The molecule has 0 radical (unpaired) electrons. The van der Waals surface area contributed by atoms with Crippen LogP contribution in [0.4, 0.5) is 0 Å². The first-order valence-corrected chi connectivity index (χ1v) is 7.04. The van der Waals surface area contributed by atoms with Gasteiger partial charge in [0.15, 0.2) is 6.17 Å². The first kappa shape index (κ1) is 12.3. The van der Waals surface area contributed by atoms with Crippen molar-refractivity contribution >= 4 is 12.1 Å². The van der Waals surface area contributed by atoms with Crippen LogP contribution in [0.5, 0.6) is 0 Å². The molecule has 1 fully saturated rings. The van der Waals surface area contributed by atoms with Gasteiger partial charge in [-0.05, 0) is 25.7 Å². The van der Waals surface area contributed by atoms with Crippen molar-refractivity contribution in [2.24, 2.45) is 21.7 Å². The number of rotatable bonds is 2. The molecule has 19 heavy (non-hydrogen) atoms. The largest absolute Gasteiger partial charge is 0.384 e. The number of likely N-dealkylation sites (tertiary alicyclic amines) is 1. The third-order valence-electron chi connectivity index (χ3n) is 3.94. The lowest BCUT2D eigenvalue weighted by molar-refractivity contribution is 0.247. The normalized spacial score (nSPS) is 29.9. The molecule has 5 nitrogen and oxygen atoms in total. The molecule has 2 atom stereocenters. The average molecular weight is 259 g/mol. The van der Waals surface area contributed by atoms with Crippen LogP contribution in [-0.4, -0.2) is 41.2 Å². The molecule has 5 heteroatoms. The van der Waals surface area contributed by atoms with Gasteiger partial charge in [0.1, 0.15) is 11.7 Å². The highest BCUT2D eigenvalue weighted by Gasteiger charge is 2.35. The molecular formula is C14H21N5. The van der Waals surface area contributed by atoms with E-state index in [0.717, 1.165) is 25.3 Å². The average Bonchev–Trinajstić information content (AvgIpc) is 2.84. The zero-order chi connectivity index (χ0) is 13.2. The summed E-state index contributed by atoms with van der Waals surface area (Å²) < 4.78 is 0. The maximum atomic E-state index is 6.12. The molecule has 2 N–H and O–H groups in total. The predicted octanol–water partition coefficient (Wildman–Crippen LogP) is 1.50. The molecular weight excluding hydrogens is 238 g/mol. The van der Waals surface area contributed by atoms with Gasteiger partial charge in [-0.1, -0.05) is 6.08 Å². The molecule has 1 saturated heterocycles. The van der Waals surface area contributed by atoms with Gasteiger partial charge in [-0.3, -0.25) is 0 Å². The second kappa shape index (κ2) is 5.07. The van der Waals surface area contributed by atoms with Gasteiger partial charge in [0.25, 0.3) is 0 Å². The highest BCUT2D eigenvalue weighted by Crippen LogP contribution is 2.28. The second-order valence-electron chi connectivity index (χ2n) is 5.32. The first-order chi connectivity index (χ1) is 9.29. The Kier molecular flexibility index (Phi) is 3.27. The zero-order valence-electron chi connectivity index (χ0n) is 11.2. The van der Waals surface area contributed by atoms with Crippen molar-refractivity contribution in [2.75, 3.05) is 13.1 Å². The first-order valence-electron chi connectivity index (χ1n) is 7.04. The van der Waals surface area contributed by atoms with Crippen LogP contribution in [0.3, 0.4) is 0 Å². The number of amidine groups is 1. The Balaban J connectivity index is 1.81. The third kappa shape index (κ3) is 2.25. The topological polar surface area (TPSA) is 57.2 Å². The number of hydrazone groups is 1. The Bertz CT molecular complexity index is 445. The summed E-state index contributed by atoms with van der Waals surface area (Å²) in [5.74, 6) is 2.01. The summed E-state index contributed by atoms with van der Waals surface area (Å²) in [6.45, 7) is 5.98. The van der Waals surface area contributed by atoms with Crippen molar-refractivity contribution in [3.8, 4) is 0 Å². The minimum atomic E-state index is 0.0138. The third-order valence-corrected chi connectivity index (χ3v) is 3.94. The zero-order valence-corrected chi connectivity index (χ0v) is 11.2. The molecule has 3 heterocycles. The number of allylic oxidation sites excluding steroid dienone is 1. The van der Waals surface area contributed by atoms with Crippen LogP contribution in [-0.2, 0) is 0 Å². The SMILES string of the molecule is C=CCC1C=NN2C(N)=CC(N3CCCCC3)=NC12. The van der Waals surface area contributed by atoms with Crippen molar-refractivity contribution in [1.29, 1.82) is 0 Å². The number of fused-ring (bicyclic) bond motifs is 1. The van der Waals surface area contributed by atoms with Crippen molar-refractivity contribution in [3.05, 3.63) is 24.6 Å². The fraction of sp³-hybridized carbons (Fsp3) is 0.571. The van der Waals surface area contributed by atoms with E-state index in [0.29, 0.717) is 5.82 Å². The van der Waals surface area contributed by atoms with Crippen LogP contribution in [0, 0.1) is 5.92 Å². The summed E-state index contributed by atoms with van der Waals surface area (Å²) in [6.07, 6.45) is 10.5. The molecule has 3 aliphatic heterocycles. The fourth-order valence-corrected chi connectivity index (χ4v) is 2.90. The van der Waals surface area contributed by atoms with Gasteiger partial charge in [-0.25, -0.2) is 10.0 Å². The van der Waals surface area contributed by atoms with E-state index >= 15 is 0 Å². The highest BCUT2D eigenvalue weighted by atomic mass is 15.6. The Morgan fingerprint density at radius 3 is 2.89 bits per heavy atom. The van der Waals surface area contributed by atoms with E-state index in [2.05, 4.69) is 16.6 Å². The van der Waals surface area contributed by atoms with Gasteiger partial charge < -0.3 is 10.6 Å². The lowest BCUT2D eigenvalue weighted by Crippen LogP contribution is -2.43. The van der Waals surface area contributed by atoms with Crippen LogP contribution in [0.15, 0.2) is 34.6 Å². The smallest absolute Gasteiger partial charge is 0.154 e. The number of nitrogens with two attached hydrogens (primary N) is 1. The molecule has 0 spiro atoms. The van der Waals surface area contributed by atoms with Crippen LogP contribution in [0.25, 0.3) is 0 Å². The van der Waals surface area contributed by atoms with Crippen molar-refractivity contribution in [2.45, 2.75) is 31.8 Å². The van der Waals surface area contributed by atoms with Crippen LogP contribution in [0.2, 0.25) is 0 Å². The molecule has 3 rings (SSSR count). The van der Waals surface area contributed by atoms with E-state index in [9.17, 15) is 0 Å². The van der Waals surface area contributed by atoms with Crippen LogP contribution in [0.1, 0.15) is 25.7 Å². The summed E-state index contributed by atoms with van der Waals surface area (Å²) in [6, 6.07) is 0. The van der Waals surface area contributed by atoms with Gasteiger partial charge in [0, 0.05) is 31.3 Å². The van der Waals surface area contributed by atoms with Gasteiger partial charge in [0.05, 0.1) is 0 Å². The number of aliphatic imine (C=N–C) groups is 1. The van der Waals surface area contributed by atoms with E-state index in [1.54, 1.807) is 0 Å². The van der Waals surface area contributed by atoms with E-state index in [1.807, 2.05) is 23.4 Å². The molecule has 102 valence electrons. The summed E-state index contributed by atoms with van der Waals surface area (Å²) in [4.78, 5) is 7.20. The fourth-order valence-electron chi connectivity index (χ4n) is 2.90. The molecule has 3 aliphatic rings. The number of hydrogen-bond acceptors (Lipinski definition) is 5. The van der Waals surface area contributed by atoms with Gasteiger partial charge >= 0.3 is 0 Å². The van der Waals surface area contributed by atoms with Crippen LogP contribution >= 0.6 is 0 Å². The maximum absolute atomic E-state index is 6.12.